The fraction of sp³-hybridized carbons (Fsp3) is 0.222. The van der Waals surface area contributed by atoms with Crippen molar-refractivity contribution in [3.05, 3.63) is 28.2 Å². The van der Waals surface area contributed by atoms with Crippen molar-refractivity contribution in [1.29, 1.82) is 0 Å². The third-order valence-electron chi connectivity index (χ3n) is 1.50. The molecule has 0 saturated carbocycles. The summed E-state index contributed by atoms with van der Waals surface area (Å²) in [6.07, 6.45) is 0. The minimum atomic E-state index is -0.371. The minimum Gasteiger partial charge on any atom is -0.305 e. The summed E-state index contributed by atoms with van der Waals surface area (Å²) in [6, 6.07) is 4.48. The van der Waals surface area contributed by atoms with Crippen LogP contribution in [0, 0.1) is 0 Å². The van der Waals surface area contributed by atoms with Gasteiger partial charge in [0.1, 0.15) is 0 Å². The molecule has 0 unspecified atom stereocenters. The van der Waals surface area contributed by atoms with Gasteiger partial charge in [-0.2, -0.15) is 0 Å². The van der Waals surface area contributed by atoms with E-state index in [0.29, 0.717) is 15.7 Å². The second kappa shape index (κ2) is 5.21. The zero-order chi connectivity index (χ0) is 11.4. The van der Waals surface area contributed by atoms with Gasteiger partial charge in [0.2, 0.25) is 0 Å². The zero-order valence-electron chi connectivity index (χ0n) is 8.34. The van der Waals surface area contributed by atoms with Crippen molar-refractivity contribution in [3.8, 4) is 0 Å². The van der Waals surface area contributed by atoms with Crippen LogP contribution in [0.3, 0.4) is 0 Å². The van der Waals surface area contributed by atoms with Crippen LogP contribution in [-0.4, -0.2) is 25.1 Å². The van der Waals surface area contributed by atoms with Crippen LogP contribution in [0.25, 0.3) is 0 Å². The molecule has 0 aromatic heterocycles. The summed E-state index contributed by atoms with van der Waals surface area (Å²) < 4.78 is 0. The van der Waals surface area contributed by atoms with Crippen molar-refractivity contribution < 1.29 is 4.79 Å². The van der Waals surface area contributed by atoms with E-state index in [4.69, 9.17) is 23.2 Å². The normalized spacial score (nSPS) is 10.2. The Bertz CT molecular complexity index is 368. The molecule has 2 N–H and O–H groups in total. The van der Waals surface area contributed by atoms with E-state index in [9.17, 15) is 4.79 Å². The van der Waals surface area contributed by atoms with E-state index in [1.807, 2.05) is 0 Å². The number of hydrogen-bond donors (Lipinski definition) is 2. The minimum absolute atomic E-state index is 0.371. The van der Waals surface area contributed by atoms with Gasteiger partial charge in [-0.05, 0) is 18.2 Å². The lowest BCUT2D eigenvalue weighted by atomic mass is 10.3. The summed E-state index contributed by atoms with van der Waals surface area (Å²) in [6.45, 7) is 0. The van der Waals surface area contributed by atoms with Crippen molar-refractivity contribution in [2.75, 3.05) is 19.4 Å². The topological polar surface area (TPSA) is 44.4 Å². The number of hydrazine groups is 1. The van der Waals surface area contributed by atoms with Gasteiger partial charge in [-0.25, -0.2) is 9.80 Å². The third-order valence-corrected chi connectivity index (χ3v) is 2.07. The highest BCUT2D eigenvalue weighted by Crippen LogP contribution is 2.25. The molecule has 1 rings (SSSR count). The number of carbonyl (C=O) groups is 1. The molecule has 1 aromatic rings. The Morgan fingerprint density at radius 2 is 2.00 bits per heavy atom. The number of urea groups is 1. The molecule has 15 heavy (non-hydrogen) atoms. The number of amides is 2. The van der Waals surface area contributed by atoms with Crippen molar-refractivity contribution >= 4 is 34.9 Å². The Morgan fingerprint density at radius 3 is 2.60 bits per heavy atom. The van der Waals surface area contributed by atoms with Crippen LogP contribution in [0.2, 0.25) is 10.0 Å². The van der Waals surface area contributed by atoms with E-state index < -0.39 is 0 Å². The largest absolute Gasteiger partial charge is 0.333 e. The maximum Gasteiger partial charge on any atom is 0.333 e. The number of halogens is 2. The molecule has 0 bridgehead atoms. The molecule has 0 spiro atoms. The number of anilines is 1. The van der Waals surface area contributed by atoms with Crippen LogP contribution >= 0.6 is 23.2 Å². The second-order valence-corrected chi connectivity index (χ2v) is 3.93. The fourth-order valence-corrected chi connectivity index (χ4v) is 1.28. The molecule has 4 nitrogen and oxygen atoms in total. The molecule has 0 aliphatic carbocycles. The van der Waals surface area contributed by atoms with Gasteiger partial charge in [0.25, 0.3) is 0 Å². The van der Waals surface area contributed by atoms with Gasteiger partial charge in [0.15, 0.2) is 0 Å². The predicted molar refractivity (Wildman–Crippen MR) is 62.3 cm³/mol. The van der Waals surface area contributed by atoms with Gasteiger partial charge in [-0.1, -0.05) is 23.2 Å². The first-order valence-corrected chi connectivity index (χ1v) is 4.94. The third kappa shape index (κ3) is 3.95. The van der Waals surface area contributed by atoms with Gasteiger partial charge in [0.05, 0.1) is 10.7 Å². The number of benzene rings is 1. The number of hydrogen-bond acceptors (Lipinski definition) is 2. The standard InChI is InChI=1S/C9H11Cl2N3O/c1-14(2)13-9(15)12-8-5-6(10)3-4-7(8)11/h3-5H,1-2H3,(H2,12,13,15). The number of carbonyl (C=O) groups excluding carboxylic acids is 1. The van der Waals surface area contributed by atoms with Crippen LogP contribution in [0.5, 0.6) is 0 Å². The van der Waals surface area contributed by atoms with Gasteiger partial charge in [-0.15, -0.1) is 0 Å². The first-order valence-electron chi connectivity index (χ1n) is 4.19. The van der Waals surface area contributed by atoms with Crippen LogP contribution in [-0.2, 0) is 0 Å². The van der Waals surface area contributed by atoms with E-state index in [2.05, 4.69) is 10.7 Å². The second-order valence-electron chi connectivity index (χ2n) is 3.08. The van der Waals surface area contributed by atoms with Crippen molar-refractivity contribution in [2.24, 2.45) is 0 Å². The van der Waals surface area contributed by atoms with Crippen LogP contribution in [0.1, 0.15) is 0 Å². The maximum atomic E-state index is 11.3. The molecule has 82 valence electrons. The summed E-state index contributed by atoms with van der Waals surface area (Å²) in [5.74, 6) is 0. The fourth-order valence-electron chi connectivity index (χ4n) is 0.947. The predicted octanol–water partition coefficient (Wildman–Crippen LogP) is 2.59. The van der Waals surface area contributed by atoms with Crippen LogP contribution in [0.15, 0.2) is 18.2 Å². The average Bonchev–Trinajstić information content (AvgIpc) is 2.10. The van der Waals surface area contributed by atoms with Crippen LogP contribution in [0.4, 0.5) is 10.5 Å². The van der Waals surface area contributed by atoms with Crippen molar-refractivity contribution in [2.45, 2.75) is 0 Å². The monoisotopic (exact) mass is 247 g/mol. The zero-order valence-corrected chi connectivity index (χ0v) is 9.86. The Balaban J connectivity index is 2.71. The van der Waals surface area contributed by atoms with Crippen molar-refractivity contribution in [3.63, 3.8) is 0 Å². The molecule has 1 aromatic carbocycles. The van der Waals surface area contributed by atoms with E-state index in [-0.39, 0.29) is 6.03 Å². The average molecular weight is 248 g/mol. The number of rotatable bonds is 2. The molecule has 6 heteroatoms. The SMILES string of the molecule is CN(C)NC(=O)Nc1cc(Cl)ccc1Cl. The number of nitrogens with zero attached hydrogens (tertiary/aromatic N) is 1. The molecule has 0 atom stereocenters. The summed E-state index contributed by atoms with van der Waals surface area (Å²) in [5, 5.41) is 5.05. The summed E-state index contributed by atoms with van der Waals surface area (Å²) in [5.41, 5.74) is 2.99. The lowest BCUT2D eigenvalue weighted by Gasteiger charge is -2.13. The molecular formula is C9H11Cl2N3O. The molecule has 0 heterocycles. The van der Waals surface area contributed by atoms with E-state index >= 15 is 0 Å². The van der Waals surface area contributed by atoms with E-state index in [0.717, 1.165) is 0 Å². The molecule has 0 radical (unpaired) electrons. The number of nitrogens with one attached hydrogen (secondary N) is 2. The lowest BCUT2D eigenvalue weighted by Crippen LogP contribution is -2.39. The smallest absolute Gasteiger partial charge is 0.305 e. The highest BCUT2D eigenvalue weighted by atomic mass is 35.5. The molecule has 0 saturated heterocycles. The first-order chi connectivity index (χ1) is 6.99. The lowest BCUT2D eigenvalue weighted by molar-refractivity contribution is 0.224. The van der Waals surface area contributed by atoms with E-state index in [1.54, 1.807) is 32.3 Å². The Kier molecular flexibility index (Phi) is 4.20. The highest BCUT2D eigenvalue weighted by molar-refractivity contribution is 6.35. The summed E-state index contributed by atoms with van der Waals surface area (Å²) >= 11 is 11.6. The summed E-state index contributed by atoms with van der Waals surface area (Å²) in [4.78, 5) is 11.3. The van der Waals surface area contributed by atoms with Crippen molar-refractivity contribution in [1.82, 2.24) is 10.4 Å². The maximum absolute atomic E-state index is 11.3. The Labute approximate surface area is 98.1 Å². The molecular weight excluding hydrogens is 237 g/mol. The Morgan fingerprint density at radius 1 is 1.33 bits per heavy atom. The highest BCUT2D eigenvalue weighted by Gasteiger charge is 2.06. The molecule has 0 aliphatic heterocycles. The van der Waals surface area contributed by atoms with Gasteiger partial charge in [-0.3, -0.25) is 5.43 Å². The first kappa shape index (κ1) is 12.1. The Hall–Kier alpha value is -0.970. The quantitative estimate of drug-likeness (QED) is 0.790. The molecule has 0 fully saturated rings. The van der Waals surface area contributed by atoms with Gasteiger partial charge < -0.3 is 5.32 Å². The van der Waals surface area contributed by atoms with Gasteiger partial charge >= 0.3 is 6.03 Å². The molecule has 2 amide bonds. The summed E-state index contributed by atoms with van der Waals surface area (Å²) in [7, 11) is 3.41. The van der Waals surface area contributed by atoms with Crippen LogP contribution < -0.4 is 10.7 Å². The molecule has 0 aliphatic rings. The van der Waals surface area contributed by atoms with Gasteiger partial charge in [0, 0.05) is 19.1 Å². The van der Waals surface area contributed by atoms with E-state index in [1.165, 1.54) is 5.01 Å².